The van der Waals surface area contributed by atoms with E-state index >= 15 is 0 Å². The Balaban J connectivity index is 1.34. The molecular weight excluding hydrogens is 474 g/mol. The van der Waals surface area contributed by atoms with Crippen LogP contribution in [-0.2, 0) is 11.2 Å². The van der Waals surface area contributed by atoms with Crippen molar-refractivity contribution >= 4 is 11.6 Å². The van der Waals surface area contributed by atoms with Gasteiger partial charge in [0.25, 0.3) is 0 Å². The van der Waals surface area contributed by atoms with Gasteiger partial charge in [0.05, 0.1) is 12.7 Å². The van der Waals surface area contributed by atoms with E-state index in [-0.39, 0.29) is 5.92 Å². The maximum absolute atomic E-state index is 12.3. The van der Waals surface area contributed by atoms with E-state index in [9.17, 15) is 10.2 Å². The van der Waals surface area contributed by atoms with Crippen LogP contribution < -0.4 is 9.47 Å². The Morgan fingerprint density at radius 3 is 2.50 bits per heavy atom. The fraction of sp³-hybridized carbons (Fsp3) is 0.400. The van der Waals surface area contributed by atoms with E-state index in [0.717, 1.165) is 24.1 Å². The lowest BCUT2D eigenvalue weighted by Crippen LogP contribution is -2.51. The van der Waals surface area contributed by atoms with Crippen LogP contribution in [0.5, 0.6) is 11.5 Å². The van der Waals surface area contributed by atoms with Gasteiger partial charge in [0.1, 0.15) is 11.5 Å². The second kappa shape index (κ2) is 9.38. The molecule has 0 bridgehead atoms. The maximum Gasteiger partial charge on any atom is 0.176 e. The van der Waals surface area contributed by atoms with Crippen molar-refractivity contribution < 1.29 is 19.7 Å². The summed E-state index contributed by atoms with van der Waals surface area (Å²) >= 11 is 6.22. The zero-order valence-corrected chi connectivity index (χ0v) is 21.0. The second-order valence-electron chi connectivity index (χ2n) is 10.2. The molecule has 1 saturated carbocycles. The summed E-state index contributed by atoms with van der Waals surface area (Å²) < 4.78 is 12.8. The second-order valence-corrected chi connectivity index (χ2v) is 10.7. The number of ether oxygens (including phenoxy) is 2. The Hall–Kier alpha value is -2.57. The molecule has 3 aromatic carbocycles. The average Bonchev–Trinajstić information content (AvgIpc) is 3.56. The first-order chi connectivity index (χ1) is 17.5. The number of halogens is 1. The summed E-state index contributed by atoms with van der Waals surface area (Å²) in [4.78, 5) is 2.48. The van der Waals surface area contributed by atoms with Crippen LogP contribution in [0.25, 0.3) is 0 Å². The molecule has 36 heavy (non-hydrogen) atoms. The Kier molecular flexibility index (Phi) is 6.21. The van der Waals surface area contributed by atoms with Crippen molar-refractivity contribution in [1.29, 1.82) is 0 Å². The highest BCUT2D eigenvalue weighted by atomic mass is 35.5. The van der Waals surface area contributed by atoms with Gasteiger partial charge in [0.15, 0.2) is 11.2 Å². The molecule has 0 spiro atoms. The molecule has 188 valence electrons. The first kappa shape index (κ1) is 23.8. The van der Waals surface area contributed by atoms with Crippen LogP contribution in [0.15, 0.2) is 72.8 Å². The van der Waals surface area contributed by atoms with Gasteiger partial charge in [-0.15, -0.1) is 0 Å². The number of hydrogen-bond donors (Lipinski definition) is 2. The molecular formula is C30H32ClNO4. The van der Waals surface area contributed by atoms with Gasteiger partial charge in [-0.1, -0.05) is 54.1 Å². The van der Waals surface area contributed by atoms with E-state index in [2.05, 4.69) is 4.90 Å². The van der Waals surface area contributed by atoms with E-state index in [4.69, 9.17) is 21.1 Å². The molecule has 2 N–H and O–H groups in total. The van der Waals surface area contributed by atoms with Crippen molar-refractivity contribution in [2.24, 2.45) is 0 Å². The quantitative estimate of drug-likeness (QED) is 0.431. The van der Waals surface area contributed by atoms with Crippen molar-refractivity contribution in [1.82, 2.24) is 4.90 Å². The molecule has 1 saturated heterocycles. The van der Waals surface area contributed by atoms with Crippen molar-refractivity contribution in [2.45, 2.75) is 48.9 Å². The molecule has 4 atom stereocenters. The molecule has 3 aromatic rings. The molecule has 6 heteroatoms. The predicted molar refractivity (Wildman–Crippen MR) is 140 cm³/mol. The number of fused-ring (bicyclic) bond motifs is 3. The van der Waals surface area contributed by atoms with Crippen molar-refractivity contribution in [3.8, 4) is 11.5 Å². The minimum Gasteiger partial charge on any atom is -0.493 e. The highest BCUT2D eigenvalue weighted by Crippen LogP contribution is 2.66. The Morgan fingerprint density at radius 1 is 1.00 bits per heavy atom. The van der Waals surface area contributed by atoms with Crippen LogP contribution in [0.2, 0.25) is 5.02 Å². The van der Waals surface area contributed by atoms with E-state index in [1.54, 1.807) is 12.1 Å². The zero-order valence-electron chi connectivity index (χ0n) is 20.3. The van der Waals surface area contributed by atoms with Crippen LogP contribution in [0, 0.1) is 0 Å². The van der Waals surface area contributed by atoms with Crippen LogP contribution in [-0.4, -0.2) is 47.5 Å². The summed E-state index contributed by atoms with van der Waals surface area (Å²) in [6.07, 6.45) is 2.91. The van der Waals surface area contributed by atoms with Crippen LogP contribution in [0.4, 0.5) is 0 Å². The minimum absolute atomic E-state index is 0.267. The van der Waals surface area contributed by atoms with Gasteiger partial charge in [-0.25, -0.2) is 0 Å². The Labute approximate surface area is 217 Å². The monoisotopic (exact) mass is 505 g/mol. The van der Waals surface area contributed by atoms with Crippen LogP contribution >= 0.6 is 11.6 Å². The van der Waals surface area contributed by atoms with Gasteiger partial charge in [-0.3, -0.25) is 0 Å². The molecule has 6 rings (SSSR count). The van der Waals surface area contributed by atoms with Gasteiger partial charge in [-0.05, 0) is 74.2 Å². The first-order valence-electron chi connectivity index (χ1n) is 12.9. The summed E-state index contributed by atoms with van der Waals surface area (Å²) in [6.45, 7) is 4.04. The van der Waals surface area contributed by atoms with Gasteiger partial charge in [0.2, 0.25) is 0 Å². The molecule has 0 aromatic heterocycles. The fourth-order valence-electron chi connectivity index (χ4n) is 6.48. The van der Waals surface area contributed by atoms with E-state index in [0.29, 0.717) is 35.1 Å². The summed E-state index contributed by atoms with van der Waals surface area (Å²) in [5.74, 6) is 0.983. The highest BCUT2D eigenvalue weighted by Gasteiger charge is 2.72. The van der Waals surface area contributed by atoms with E-state index < -0.39 is 17.3 Å². The predicted octanol–water partition coefficient (Wildman–Crippen LogP) is 5.23. The third-order valence-electron chi connectivity index (χ3n) is 8.19. The number of rotatable bonds is 7. The standard InChI is InChI=1S/C30H32ClNO4/c31-23-11-9-22(10-12-23)30-26(21-7-2-1-3-8-21)20-28(33)29(30,34)25-14-13-24(19-27(25)36-30)35-18-6-17-32-15-4-5-16-32/h1-3,7-14,19,26,28,33-34H,4-6,15-18,20H2/t26-,28+,29-,30-/m1/s1. The van der Waals surface area contributed by atoms with Crippen LogP contribution in [0.1, 0.15) is 48.3 Å². The first-order valence-corrected chi connectivity index (χ1v) is 13.3. The van der Waals surface area contributed by atoms with Crippen molar-refractivity contribution in [3.05, 3.63) is 94.5 Å². The Bertz CT molecular complexity index is 1210. The summed E-state index contributed by atoms with van der Waals surface area (Å²) in [7, 11) is 0. The third kappa shape index (κ3) is 3.72. The lowest BCUT2D eigenvalue weighted by molar-refractivity contribution is -0.149. The van der Waals surface area contributed by atoms with Crippen molar-refractivity contribution in [2.75, 3.05) is 26.2 Å². The molecule has 0 amide bonds. The van der Waals surface area contributed by atoms with E-state index in [1.165, 1.54) is 25.9 Å². The lowest BCUT2D eigenvalue weighted by Gasteiger charge is -2.40. The van der Waals surface area contributed by atoms with E-state index in [1.807, 2.05) is 60.7 Å². The smallest absolute Gasteiger partial charge is 0.176 e. The average molecular weight is 506 g/mol. The van der Waals surface area contributed by atoms with Gasteiger partial charge in [0, 0.05) is 29.1 Å². The van der Waals surface area contributed by atoms with Crippen LogP contribution in [0.3, 0.4) is 0 Å². The topological polar surface area (TPSA) is 62.2 Å². The summed E-state index contributed by atoms with van der Waals surface area (Å²) in [5, 5.41) is 24.3. The molecule has 0 radical (unpaired) electrons. The molecule has 2 aliphatic heterocycles. The number of hydrogen-bond acceptors (Lipinski definition) is 5. The third-order valence-corrected chi connectivity index (χ3v) is 8.45. The molecule has 0 unspecified atom stereocenters. The lowest BCUT2D eigenvalue weighted by atomic mass is 9.71. The number of nitrogens with zero attached hydrogens (tertiary/aromatic N) is 1. The number of aliphatic hydroxyl groups excluding tert-OH is 1. The summed E-state index contributed by atoms with van der Waals surface area (Å²) in [5.41, 5.74) is -0.439. The highest BCUT2D eigenvalue weighted by molar-refractivity contribution is 6.30. The SMILES string of the molecule is O[C@H]1C[C@H](c2ccccc2)[C@@]2(c3ccc(Cl)cc3)Oc3cc(OCCCN4CCCC4)ccc3[C@@]12O. The molecule has 3 aliphatic rings. The Morgan fingerprint density at radius 2 is 1.75 bits per heavy atom. The largest absolute Gasteiger partial charge is 0.493 e. The molecule has 1 aliphatic carbocycles. The zero-order chi connectivity index (χ0) is 24.8. The summed E-state index contributed by atoms with van der Waals surface area (Å²) in [6, 6.07) is 22.9. The van der Waals surface area contributed by atoms with Crippen molar-refractivity contribution in [3.63, 3.8) is 0 Å². The molecule has 2 fully saturated rings. The molecule has 2 heterocycles. The number of benzene rings is 3. The number of aliphatic hydroxyl groups is 2. The fourth-order valence-corrected chi connectivity index (χ4v) is 6.61. The van der Waals surface area contributed by atoms with Gasteiger partial charge < -0.3 is 24.6 Å². The maximum atomic E-state index is 12.3. The van der Waals surface area contributed by atoms with Gasteiger partial charge >= 0.3 is 0 Å². The molecule has 5 nitrogen and oxygen atoms in total. The minimum atomic E-state index is -1.62. The van der Waals surface area contributed by atoms with Gasteiger partial charge in [-0.2, -0.15) is 0 Å². The number of likely N-dealkylation sites (tertiary alicyclic amines) is 1. The normalized spacial score (nSPS) is 29.1.